The van der Waals surface area contributed by atoms with Crippen LogP contribution in [0, 0.1) is 20.8 Å². The van der Waals surface area contributed by atoms with Gasteiger partial charge in [0.25, 0.3) is 11.6 Å². The first-order chi connectivity index (χ1) is 13.7. The van der Waals surface area contributed by atoms with E-state index in [4.69, 9.17) is 4.52 Å². The molecule has 0 aliphatic rings. The van der Waals surface area contributed by atoms with Crippen molar-refractivity contribution in [1.82, 2.24) is 15.0 Å². The smallest absolute Gasteiger partial charge is 0.259 e. The number of hydrogen-bond donors (Lipinski definition) is 1. The molecule has 7 nitrogen and oxygen atoms in total. The fraction of sp³-hybridized carbons (Fsp3) is 0.364. The third kappa shape index (κ3) is 4.13. The number of nitrogens with one attached hydrogen (secondary N) is 1. The van der Waals surface area contributed by atoms with Crippen LogP contribution >= 0.6 is 0 Å². The maximum absolute atomic E-state index is 13.2. The average Bonchev–Trinajstić information content (AvgIpc) is 3.04. The number of anilines is 1. The number of nitrogens with zero attached hydrogens (tertiary/aromatic N) is 3. The quantitative estimate of drug-likeness (QED) is 0.707. The molecule has 152 valence electrons. The number of hydrogen-bond acceptors (Lipinski definition) is 5. The second-order valence-electron chi connectivity index (χ2n) is 7.67. The highest BCUT2D eigenvalue weighted by molar-refractivity contribution is 6.07. The Hall–Kier alpha value is -3.22. The fourth-order valence-electron chi connectivity index (χ4n) is 3.26. The van der Waals surface area contributed by atoms with Gasteiger partial charge in [-0.1, -0.05) is 37.2 Å². The Morgan fingerprint density at radius 3 is 2.45 bits per heavy atom. The molecular formula is C22H26N4O3. The van der Waals surface area contributed by atoms with Crippen LogP contribution in [0.3, 0.4) is 0 Å². The Morgan fingerprint density at radius 2 is 1.83 bits per heavy atom. The number of benzene rings is 1. The third-order valence-corrected chi connectivity index (χ3v) is 4.93. The van der Waals surface area contributed by atoms with E-state index in [1.807, 2.05) is 45.9 Å². The van der Waals surface area contributed by atoms with Crippen LogP contribution < -0.4 is 5.32 Å². The van der Waals surface area contributed by atoms with E-state index in [0.29, 0.717) is 22.4 Å². The first-order valence-corrected chi connectivity index (χ1v) is 9.57. The van der Waals surface area contributed by atoms with Gasteiger partial charge in [0.2, 0.25) is 5.91 Å². The molecule has 1 N–H and O–H groups in total. The standard InChI is InChI=1S/C22H26N4O3/c1-12(2)17-10-16(19-15(5)25-29-21(19)23-17)22(28)26(6)11-18(27)24-20-13(3)8-7-9-14(20)4/h7-10,12H,11H2,1-6H3,(H,24,27). The number of aromatic nitrogens is 2. The van der Waals surface area contributed by atoms with Gasteiger partial charge in [-0.2, -0.15) is 0 Å². The Morgan fingerprint density at radius 1 is 1.17 bits per heavy atom. The molecule has 2 heterocycles. The summed E-state index contributed by atoms with van der Waals surface area (Å²) in [6.07, 6.45) is 0. The van der Waals surface area contributed by atoms with Crippen molar-refractivity contribution in [2.24, 2.45) is 0 Å². The Bertz CT molecular complexity index is 1060. The SMILES string of the molecule is Cc1cccc(C)c1NC(=O)CN(C)C(=O)c1cc(C(C)C)nc2onc(C)c12. The van der Waals surface area contributed by atoms with E-state index in [1.165, 1.54) is 4.90 Å². The molecule has 3 aromatic rings. The van der Waals surface area contributed by atoms with Crippen LogP contribution in [0.4, 0.5) is 5.69 Å². The molecule has 0 radical (unpaired) electrons. The minimum absolute atomic E-state index is 0.0717. The van der Waals surface area contributed by atoms with Gasteiger partial charge in [0.05, 0.1) is 23.2 Å². The summed E-state index contributed by atoms with van der Waals surface area (Å²) in [4.78, 5) is 31.6. The number of carbonyl (C=O) groups is 2. The van der Waals surface area contributed by atoms with E-state index in [2.05, 4.69) is 15.5 Å². The van der Waals surface area contributed by atoms with E-state index in [1.54, 1.807) is 20.0 Å². The van der Waals surface area contributed by atoms with Crippen molar-refractivity contribution in [3.8, 4) is 0 Å². The molecule has 0 atom stereocenters. The fourth-order valence-corrected chi connectivity index (χ4v) is 3.26. The zero-order chi connectivity index (χ0) is 21.3. The summed E-state index contributed by atoms with van der Waals surface area (Å²) < 4.78 is 5.29. The van der Waals surface area contributed by atoms with E-state index >= 15 is 0 Å². The van der Waals surface area contributed by atoms with Gasteiger partial charge in [0.15, 0.2) is 0 Å². The van der Waals surface area contributed by atoms with Crippen LogP contribution in [0.15, 0.2) is 28.8 Å². The maximum Gasteiger partial charge on any atom is 0.259 e. The monoisotopic (exact) mass is 394 g/mol. The number of amides is 2. The second kappa shape index (κ2) is 8.03. The van der Waals surface area contributed by atoms with Crippen LogP contribution in [0.25, 0.3) is 11.1 Å². The number of pyridine rings is 1. The Kier molecular flexibility index (Phi) is 5.68. The van der Waals surface area contributed by atoms with Crippen molar-refractivity contribution in [3.63, 3.8) is 0 Å². The first-order valence-electron chi connectivity index (χ1n) is 9.57. The summed E-state index contributed by atoms with van der Waals surface area (Å²) in [7, 11) is 1.61. The molecule has 0 fully saturated rings. The van der Waals surface area contributed by atoms with Gasteiger partial charge in [-0.05, 0) is 43.9 Å². The molecule has 0 unspecified atom stereocenters. The number of aryl methyl sites for hydroxylation is 3. The molecule has 2 aromatic heterocycles. The molecule has 0 saturated heterocycles. The van der Waals surface area contributed by atoms with Crippen molar-refractivity contribution in [2.45, 2.75) is 40.5 Å². The highest BCUT2D eigenvalue weighted by Gasteiger charge is 2.23. The van der Waals surface area contributed by atoms with Crippen molar-refractivity contribution in [1.29, 1.82) is 0 Å². The Labute approximate surface area is 170 Å². The normalized spacial score (nSPS) is 11.1. The number of likely N-dealkylation sites (N-methyl/N-ethyl adjacent to an activating group) is 1. The van der Waals surface area contributed by atoms with Gasteiger partial charge in [0.1, 0.15) is 0 Å². The van der Waals surface area contributed by atoms with Crippen LogP contribution in [-0.2, 0) is 4.79 Å². The zero-order valence-electron chi connectivity index (χ0n) is 17.7. The molecule has 7 heteroatoms. The molecule has 0 spiro atoms. The molecule has 0 bridgehead atoms. The summed E-state index contributed by atoms with van der Waals surface area (Å²) in [5.74, 6) is -0.411. The number of para-hydroxylation sites is 1. The lowest BCUT2D eigenvalue weighted by Gasteiger charge is -2.19. The summed E-state index contributed by atoms with van der Waals surface area (Å²) >= 11 is 0. The highest BCUT2D eigenvalue weighted by atomic mass is 16.5. The van der Waals surface area contributed by atoms with E-state index < -0.39 is 0 Å². The number of carbonyl (C=O) groups excluding carboxylic acids is 2. The van der Waals surface area contributed by atoms with Crippen molar-refractivity contribution < 1.29 is 14.1 Å². The van der Waals surface area contributed by atoms with Gasteiger partial charge in [-0.15, -0.1) is 0 Å². The van der Waals surface area contributed by atoms with Crippen LogP contribution in [0.1, 0.15) is 52.6 Å². The summed E-state index contributed by atoms with van der Waals surface area (Å²) in [5.41, 5.74) is 4.85. The van der Waals surface area contributed by atoms with Crippen LogP contribution in [0.5, 0.6) is 0 Å². The lowest BCUT2D eigenvalue weighted by Crippen LogP contribution is -2.35. The van der Waals surface area contributed by atoms with Crippen molar-refractivity contribution in [3.05, 3.63) is 52.3 Å². The van der Waals surface area contributed by atoms with Gasteiger partial charge in [-0.3, -0.25) is 9.59 Å². The predicted molar refractivity (Wildman–Crippen MR) is 112 cm³/mol. The molecule has 0 saturated carbocycles. The van der Waals surface area contributed by atoms with Crippen molar-refractivity contribution in [2.75, 3.05) is 18.9 Å². The van der Waals surface area contributed by atoms with E-state index in [-0.39, 0.29) is 24.3 Å². The largest absolute Gasteiger partial charge is 0.336 e. The molecule has 3 rings (SSSR count). The van der Waals surface area contributed by atoms with Gasteiger partial charge in [0, 0.05) is 18.4 Å². The van der Waals surface area contributed by atoms with Crippen LogP contribution in [-0.4, -0.2) is 40.4 Å². The maximum atomic E-state index is 13.2. The third-order valence-electron chi connectivity index (χ3n) is 4.93. The van der Waals surface area contributed by atoms with E-state index in [9.17, 15) is 9.59 Å². The molecule has 29 heavy (non-hydrogen) atoms. The lowest BCUT2D eigenvalue weighted by molar-refractivity contribution is -0.116. The summed E-state index contributed by atoms with van der Waals surface area (Å²) in [6.45, 7) is 9.56. The molecule has 1 aromatic carbocycles. The van der Waals surface area contributed by atoms with Crippen LogP contribution in [0.2, 0.25) is 0 Å². The molecular weight excluding hydrogens is 368 g/mol. The molecule has 2 amide bonds. The highest BCUT2D eigenvalue weighted by Crippen LogP contribution is 2.26. The summed E-state index contributed by atoms with van der Waals surface area (Å²) in [6, 6.07) is 7.58. The second-order valence-corrected chi connectivity index (χ2v) is 7.67. The number of fused-ring (bicyclic) bond motifs is 1. The summed E-state index contributed by atoms with van der Waals surface area (Å²) in [5, 5.41) is 7.44. The predicted octanol–water partition coefficient (Wildman–Crippen LogP) is 3.98. The first kappa shape index (κ1) is 20.5. The minimum atomic E-state index is -0.276. The van der Waals surface area contributed by atoms with Crippen molar-refractivity contribution >= 4 is 28.6 Å². The molecule has 0 aliphatic carbocycles. The van der Waals surface area contributed by atoms with Gasteiger partial charge in [-0.25, -0.2) is 4.98 Å². The van der Waals surface area contributed by atoms with E-state index in [0.717, 1.165) is 22.5 Å². The topological polar surface area (TPSA) is 88.3 Å². The minimum Gasteiger partial charge on any atom is -0.336 e. The Balaban J connectivity index is 1.85. The number of rotatable bonds is 5. The average molecular weight is 394 g/mol. The van der Waals surface area contributed by atoms with Gasteiger partial charge < -0.3 is 14.7 Å². The lowest BCUT2D eigenvalue weighted by atomic mass is 10.0. The molecule has 0 aliphatic heterocycles. The van der Waals surface area contributed by atoms with Gasteiger partial charge >= 0.3 is 0 Å². The zero-order valence-corrected chi connectivity index (χ0v) is 17.7.